The molecule has 1 atom stereocenters. The first-order valence-electron chi connectivity index (χ1n) is 10.4. The van der Waals surface area contributed by atoms with Crippen LogP contribution in [0.5, 0.6) is 0 Å². The van der Waals surface area contributed by atoms with E-state index in [-0.39, 0.29) is 0 Å². The van der Waals surface area contributed by atoms with Gasteiger partial charge >= 0.3 is 0 Å². The third-order valence-electron chi connectivity index (χ3n) is 5.01. The van der Waals surface area contributed by atoms with Crippen molar-refractivity contribution in [1.82, 2.24) is 20.9 Å². The lowest BCUT2D eigenvalue weighted by molar-refractivity contribution is 0.256. The van der Waals surface area contributed by atoms with Gasteiger partial charge in [0.15, 0.2) is 0 Å². The molecule has 1 saturated heterocycles. The van der Waals surface area contributed by atoms with Crippen molar-refractivity contribution in [3.8, 4) is 0 Å². The molecule has 28 heavy (non-hydrogen) atoms. The summed E-state index contributed by atoms with van der Waals surface area (Å²) in [5.74, 6) is 0. The topological polar surface area (TPSA) is 51.7 Å². The highest BCUT2D eigenvalue weighted by Crippen LogP contribution is 2.19. The highest BCUT2D eigenvalue weighted by Gasteiger charge is 2.21. The molecule has 0 radical (unpaired) electrons. The summed E-state index contributed by atoms with van der Waals surface area (Å²) in [6.07, 6.45) is 18.0. The molecule has 5 nitrogen and oxygen atoms in total. The van der Waals surface area contributed by atoms with Gasteiger partial charge in [0.25, 0.3) is 0 Å². The lowest BCUT2D eigenvalue weighted by Crippen LogP contribution is -2.50. The first-order valence-corrected chi connectivity index (χ1v) is 10.4. The Labute approximate surface area is 169 Å². The Hall–Kier alpha value is -2.53. The van der Waals surface area contributed by atoms with Gasteiger partial charge in [0.2, 0.25) is 0 Å². The fourth-order valence-corrected chi connectivity index (χ4v) is 3.65. The Balaban J connectivity index is 1.68. The van der Waals surface area contributed by atoms with E-state index in [1.54, 1.807) is 0 Å². The lowest BCUT2D eigenvalue weighted by atomic mass is 9.99. The van der Waals surface area contributed by atoms with Crippen molar-refractivity contribution in [2.45, 2.75) is 33.2 Å². The van der Waals surface area contributed by atoms with Crippen LogP contribution >= 0.6 is 0 Å². The number of nitrogens with one attached hydrogen (secondary N) is 3. The quantitative estimate of drug-likeness (QED) is 0.664. The monoisotopic (exact) mass is 379 g/mol. The summed E-state index contributed by atoms with van der Waals surface area (Å²) in [5.41, 5.74) is 5.93. The van der Waals surface area contributed by atoms with E-state index in [9.17, 15) is 0 Å². The molecule has 0 spiro atoms. The molecule has 0 saturated carbocycles. The Kier molecular flexibility index (Phi) is 7.31. The summed E-state index contributed by atoms with van der Waals surface area (Å²) in [5, 5.41) is 10.5. The summed E-state index contributed by atoms with van der Waals surface area (Å²) in [7, 11) is 0. The number of piperazine rings is 1. The Bertz CT molecular complexity index is 764. The molecule has 0 aromatic rings. The number of aliphatic imine (C=N–C) groups is 1. The third-order valence-corrected chi connectivity index (χ3v) is 5.01. The summed E-state index contributed by atoms with van der Waals surface area (Å²) in [6.45, 7) is 11.2. The zero-order chi connectivity index (χ0) is 19.8. The maximum Gasteiger partial charge on any atom is 0.0737 e. The molecule has 1 unspecified atom stereocenters. The molecule has 5 heteroatoms. The number of nitrogens with zero attached hydrogens (tertiary/aromatic N) is 2. The Morgan fingerprint density at radius 3 is 3.04 bits per heavy atom. The van der Waals surface area contributed by atoms with E-state index in [0.717, 1.165) is 50.6 Å². The molecule has 0 bridgehead atoms. The standard InChI is InChI=1S/C23H33N5/c1-4-6-20-8-7-19(14-21(20)26-10-5-2)15-27-22-16-24-11-9-23(22)28-13-12-25-18(3)17-28/h5-10,14,16,18,24-25,27H,4,11-13,15,17H2,1-3H3/b10-5-,20-6+,26-21+. The zero-order valence-corrected chi connectivity index (χ0v) is 17.3. The number of allylic oxidation sites excluding steroid dienone is 5. The van der Waals surface area contributed by atoms with Crippen LogP contribution in [0.4, 0.5) is 0 Å². The van der Waals surface area contributed by atoms with Crippen LogP contribution in [-0.4, -0.2) is 49.4 Å². The SMILES string of the molecule is C\C=C/N=C1\C=C(CNC2=CNCC=C2N2CCNC(C)C2)C=C\C1=C/CC. The first-order chi connectivity index (χ1) is 13.7. The van der Waals surface area contributed by atoms with E-state index in [1.807, 2.05) is 19.2 Å². The van der Waals surface area contributed by atoms with Crippen LogP contribution in [0, 0.1) is 0 Å². The van der Waals surface area contributed by atoms with Crippen molar-refractivity contribution in [3.05, 3.63) is 71.4 Å². The van der Waals surface area contributed by atoms with Gasteiger partial charge in [-0.25, -0.2) is 0 Å². The van der Waals surface area contributed by atoms with E-state index in [0.29, 0.717) is 6.04 Å². The minimum atomic E-state index is 0.518. The summed E-state index contributed by atoms with van der Waals surface area (Å²) in [6, 6.07) is 0.518. The minimum Gasteiger partial charge on any atom is -0.386 e. The van der Waals surface area contributed by atoms with Gasteiger partial charge in [0.1, 0.15) is 0 Å². The van der Waals surface area contributed by atoms with E-state index in [1.165, 1.54) is 16.8 Å². The summed E-state index contributed by atoms with van der Waals surface area (Å²) < 4.78 is 0. The van der Waals surface area contributed by atoms with Crippen molar-refractivity contribution >= 4 is 5.71 Å². The zero-order valence-electron chi connectivity index (χ0n) is 17.3. The van der Waals surface area contributed by atoms with Gasteiger partial charge in [-0.05, 0) is 43.6 Å². The highest BCUT2D eigenvalue weighted by molar-refractivity contribution is 6.12. The third kappa shape index (κ3) is 5.26. The van der Waals surface area contributed by atoms with Gasteiger partial charge in [0, 0.05) is 51.2 Å². The second-order valence-electron chi connectivity index (χ2n) is 7.33. The van der Waals surface area contributed by atoms with Gasteiger partial charge in [0.05, 0.1) is 17.1 Å². The molecular formula is C23H33N5. The average molecular weight is 380 g/mol. The van der Waals surface area contributed by atoms with Crippen LogP contribution in [0.3, 0.4) is 0 Å². The fraction of sp³-hybridized carbons (Fsp3) is 0.435. The van der Waals surface area contributed by atoms with Gasteiger partial charge < -0.3 is 20.9 Å². The maximum absolute atomic E-state index is 4.60. The lowest BCUT2D eigenvalue weighted by Gasteiger charge is -2.37. The molecule has 0 amide bonds. The van der Waals surface area contributed by atoms with Crippen molar-refractivity contribution in [1.29, 1.82) is 0 Å². The van der Waals surface area contributed by atoms with Gasteiger partial charge in [-0.2, -0.15) is 0 Å². The second-order valence-corrected chi connectivity index (χ2v) is 7.33. The van der Waals surface area contributed by atoms with E-state index < -0.39 is 0 Å². The summed E-state index contributed by atoms with van der Waals surface area (Å²) >= 11 is 0. The van der Waals surface area contributed by atoms with Gasteiger partial charge in [-0.3, -0.25) is 4.99 Å². The molecule has 0 aromatic heterocycles. The van der Waals surface area contributed by atoms with Crippen LogP contribution in [0.2, 0.25) is 0 Å². The molecular weight excluding hydrogens is 346 g/mol. The average Bonchev–Trinajstić information content (AvgIpc) is 2.72. The molecule has 1 fully saturated rings. The predicted octanol–water partition coefficient (Wildman–Crippen LogP) is 3.01. The molecule has 0 aromatic carbocycles. The Morgan fingerprint density at radius 1 is 1.36 bits per heavy atom. The van der Waals surface area contributed by atoms with Gasteiger partial charge in [-0.1, -0.05) is 31.2 Å². The number of dihydropyridines is 1. The number of hydrogen-bond donors (Lipinski definition) is 3. The maximum atomic E-state index is 4.60. The van der Waals surface area contributed by atoms with Crippen LogP contribution in [0.25, 0.3) is 0 Å². The predicted molar refractivity (Wildman–Crippen MR) is 119 cm³/mol. The molecule has 1 aliphatic carbocycles. The van der Waals surface area contributed by atoms with Crippen molar-refractivity contribution in [3.63, 3.8) is 0 Å². The minimum absolute atomic E-state index is 0.518. The van der Waals surface area contributed by atoms with Gasteiger partial charge in [-0.15, -0.1) is 0 Å². The fourth-order valence-electron chi connectivity index (χ4n) is 3.65. The molecule has 2 heterocycles. The molecule has 3 N–H and O–H groups in total. The number of rotatable bonds is 6. The second kappa shape index (κ2) is 10.1. The molecule has 3 aliphatic rings. The van der Waals surface area contributed by atoms with Crippen LogP contribution < -0.4 is 16.0 Å². The van der Waals surface area contributed by atoms with Crippen molar-refractivity contribution in [2.75, 3.05) is 32.7 Å². The van der Waals surface area contributed by atoms with Crippen LogP contribution in [-0.2, 0) is 0 Å². The normalized spacial score (nSPS) is 25.6. The molecule has 3 rings (SSSR count). The van der Waals surface area contributed by atoms with E-state index in [4.69, 9.17) is 0 Å². The number of hydrogen-bond acceptors (Lipinski definition) is 5. The summed E-state index contributed by atoms with van der Waals surface area (Å²) in [4.78, 5) is 7.08. The van der Waals surface area contributed by atoms with Crippen molar-refractivity contribution in [2.24, 2.45) is 4.99 Å². The molecule has 2 aliphatic heterocycles. The van der Waals surface area contributed by atoms with Crippen LogP contribution in [0.1, 0.15) is 27.2 Å². The van der Waals surface area contributed by atoms with E-state index >= 15 is 0 Å². The largest absolute Gasteiger partial charge is 0.386 e. The Morgan fingerprint density at radius 2 is 2.25 bits per heavy atom. The smallest absolute Gasteiger partial charge is 0.0737 e. The van der Waals surface area contributed by atoms with Crippen LogP contribution in [0.15, 0.2) is 76.4 Å². The first kappa shape index (κ1) is 20.2. The highest BCUT2D eigenvalue weighted by atomic mass is 15.2. The van der Waals surface area contributed by atoms with E-state index in [2.05, 4.69) is 76.3 Å². The molecule has 150 valence electrons. The van der Waals surface area contributed by atoms with Crippen molar-refractivity contribution < 1.29 is 0 Å².